The Balaban J connectivity index is 1.82. The van der Waals surface area contributed by atoms with Crippen LogP contribution in [0, 0.1) is 0 Å². The van der Waals surface area contributed by atoms with Crippen LogP contribution in [-0.4, -0.2) is 19.1 Å². The molecule has 3 heteroatoms. The lowest BCUT2D eigenvalue weighted by Gasteiger charge is -2.21. The Hall–Kier alpha value is -2.55. The van der Waals surface area contributed by atoms with Gasteiger partial charge in [0.05, 0.1) is 13.2 Å². The second-order valence-corrected chi connectivity index (χ2v) is 5.42. The third kappa shape index (κ3) is 2.75. The number of fused-ring (bicyclic) bond motifs is 1. The molecule has 1 amide bonds. The third-order valence-corrected chi connectivity index (χ3v) is 3.98. The van der Waals surface area contributed by atoms with Crippen LogP contribution in [0.2, 0.25) is 0 Å². The molecule has 3 nitrogen and oxygen atoms in total. The zero-order chi connectivity index (χ0) is 15.5. The SMILES string of the molecule is COc1ccc(/C=C/[C@@H]2Cc3ccccc3N2C(C)=O)cc1. The van der Waals surface area contributed by atoms with Gasteiger partial charge in [-0.15, -0.1) is 0 Å². The average Bonchev–Trinajstić information content (AvgIpc) is 2.92. The van der Waals surface area contributed by atoms with Gasteiger partial charge >= 0.3 is 0 Å². The minimum Gasteiger partial charge on any atom is -0.497 e. The summed E-state index contributed by atoms with van der Waals surface area (Å²) >= 11 is 0. The van der Waals surface area contributed by atoms with Crippen molar-refractivity contribution in [3.05, 3.63) is 65.7 Å². The van der Waals surface area contributed by atoms with Gasteiger partial charge in [0.15, 0.2) is 0 Å². The van der Waals surface area contributed by atoms with Crippen LogP contribution in [-0.2, 0) is 11.2 Å². The minimum atomic E-state index is 0.0781. The summed E-state index contributed by atoms with van der Waals surface area (Å²) in [4.78, 5) is 13.9. The van der Waals surface area contributed by atoms with Crippen LogP contribution in [0.1, 0.15) is 18.1 Å². The van der Waals surface area contributed by atoms with Gasteiger partial charge in [0.2, 0.25) is 5.91 Å². The standard InChI is InChI=1S/C19H19NO2/c1-14(21)20-17(13-16-5-3-4-6-19(16)20)10-7-15-8-11-18(22-2)12-9-15/h3-12,17H,13H2,1-2H3/b10-7+/t17-/m1/s1. The van der Waals surface area contributed by atoms with Crippen molar-refractivity contribution in [1.29, 1.82) is 0 Å². The van der Waals surface area contributed by atoms with E-state index < -0.39 is 0 Å². The second-order valence-electron chi connectivity index (χ2n) is 5.42. The van der Waals surface area contributed by atoms with Gasteiger partial charge in [-0.05, 0) is 35.7 Å². The highest BCUT2D eigenvalue weighted by atomic mass is 16.5. The number of ether oxygens (including phenoxy) is 1. The van der Waals surface area contributed by atoms with Gasteiger partial charge < -0.3 is 9.64 Å². The molecule has 0 aliphatic carbocycles. The number of para-hydroxylation sites is 1. The molecule has 0 spiro atoms. The van der Waals surface area contributed by atoms with Gasteiger partial charge in [0.25, 0.3) is 0 Å². The highest BCUT2D eigenvalue weighted by molar-refractivity contribution is 5.95. The lowest BCUT2D eigenvalue weighted by molar-refractivity contribution is -0.116. The lowest BCUT2D eigenvalue weighted by atomic mass is 10.1. The topological polar surface area (TPSA) is 29.5 Å². The fourth-order valence-corrected chi connectivity index (χ4v) is 2.91. The fraction of sp³-hybridized carbons (Fsp3) is 0.211. The van der Waals surface area contributed by atoms with Crippen LogP contribution in [0.3, 0.4) is 0 Å². The number of carbonyl (C=O) groups is 1. The van der Waals surface area contributed by atoms with Crippen LogP contribution < -0.4 is 9.64 Å². The zero-order valence-corrected chi connectivity index (χ0v) is 12.8. The minimum absolute atomic E-state index is 0.0781. The molecule has 2 aromatic rings. The third-order valence-electron chi connectivity index (χ3n) is 3.98. The first-order chi connectivity index (χ1) is 10.7. The first-order valence-corrected chi connectivity index (χ1v) is 7.39. The highest BCUT2D eigenvalue weighted by Gasteiger charge is 2.29. The molecule has 1 aliphatic heterocycles. The summed E-state index contributed by atoms with van der Waals surface area (Å²) in [5.74, 6) is 0.921. The summed E-state index contributed by atoms with van der Waals surface area (Å²) < 4.78 is 5.16. The average molecular weight is 293 g/mol. The van der Waals surface area contributed by atoms with Gasteiger partial charge in [-0.25, -0.2) is 0 Å². The van der Waals surface area contributed by atoms with Crippen molar-refractivity contribution >= 4 is 17.7 Å². The molecule has 1 heterocycles. The molecule has 1 aliphatic rings. The van der Waals surface area contributed by atoms with E-state index in [1.165, 1.54) is 5.56 Å². The molecule has 0 saturated heterocycles. The summed E-state index contributed by atoms with van der Waals surface area (Å²) in [7, 11) is 1.66. The first-order valence-electron chi connectivity index (χ1n) is 7.39. The highest BCUT2D eigenvalue weighted by Crippen LogP contribution is 2.32. The molecule has 3 rings (SSSR count). The van der Waals surface area contributed by atoms with Gasteiger partial charge in [-0.2, -0.15) is 0 Å². The molecule has 0 fully saturated rings. The summed E-state index contributed by atoms with van der Waals surface area (Å²) in [5.41, 5.74) is 3.35. The Morgan fingerprint density at radius 2 is 1.91 bits per heavy atom. The predicted molar refractivity (Wildman–Crippen MR) is 89.1 cm³/mol. The summed E-state index contributed by atoms with van der Waals surface area (Å²) in [6.07, 6.45) is 5.03. The number of hydrogen-bond donors (Lipinski definition) is 0. The first kappa shape index (κ1) is 14.4. The largest absolute Gasteiger partial charge is 0.497 e. The van der Waals surface area contributed by atoms with E-state index in [-0.39, 0.29) is 11.9 Å². The fourth-order valence-electron chi connectivity index (χ4n) is 2.91. The zero-order valence-electron chi connectivity index (χ0n) is 12.8. The van der Waals surface area contributed by atoms with Crippen LogP contribution in [0.4, 0.5) is 5.69 Å². The molecule has 112 valence electrons. The Kier molecular flexibility index (Phi) is 3.96. The number of benzene rings is 2. The quantitative estimate of drug-likeness (QED) is 0.864. The summed E-state index contributed by atoms with van der Waals surface area (Å²) in [6, 6.07) is 16.1. The van der Waals surface area contributed by atoms with Crippen molar-refractivity contribution in [2.45, 2.75) is 19.4 Å². The van der Waals surface area contributed by atoms with E-state index >= 15 is 0 Å². The smallest absolute Gasteiger partial charge is 0.224 e. The molecule has 22 heavy (non-hydrogen) atoms. The molecule has 0 radical (unpaired) electrons. The van der Waals surface area contributed by atoms with Gasteiger partial charge in [0.1, 0.15) is 5.75 Å². The van der Waals surface area contributed by atoms with Crippen LogP contribution in [0.15, 0.2) is 54.6 Å². The van der Waals surface area contributed by atoms with Crippen molar-refractivity contribution in [2.24, 2.45) is 0 Å². The summed E-state index contributed by atoms with van der Waals surface area (Å²) in [5, 5.41) is 0. The number of amides is 1. The van der Waals surface area contributed by atoms with E-state index in [1.807, 2.05) is 47.4 Å². The molecule has 2 aromatic carbocycles. The van der Waals surface area contributed by atoms with Gasteiger partial charge in [0, 0.05) is 12.6 Å². The normalized spacial score (nSPS) is 16.8. The lowest BCUT2D eigenvalue weighted by Crippen LogP contribution is -2.34. The van der Waals surface area contributed by atoms with Crippen LogP contribution in [0.25, 0.3) is 6.08 Å². The number of anilines is 1. The maximum Gasteiger partial charge on any atom is 0.224 e. The van der Waals surface area contributed by atoms with Crippen molar-refractivity contribution < 1.29 is 9.53 Å². The predicted octanol–water partition coefficient (Wildman–Crippen LogP) is 3.69. The molecule has 0 unspecified atom stereocenters. The Morgan fingerprint density at radius 1 is 1.18 bits per heavy atom. The number of rotatable bonds is 3. The van der Waals surface area contributed by atoms with Crippen molar-refractivity contribution in [3.63, 3.8) is 0 Å². The molecule has 1 atom stereocenters. The molecular weight excluding hydrogens is 274 g/mol. The van der Waals surface area contributed by atoms with E-state index in [0.717, 1.165) is 23.4 Å². The molecule has 0 N–H and O–H groups in total. The van der Waals surface area contributed by atoms with Crippen LogP contribution in [0.5, 0.6) is 5.75 Å². The maximum absolute atomic E-state index is 12.0. The number of carbonyl (C=O) groups excluding carboxylic acids is 1. The molecular formula is C19H19NO2. The van der Waals surface area contributed by atoms with E-state index in [4.69, 9.17) is 4.74 Å². The van der Waals surface area contributed by atoms with Crippen molar-refractivity contribution in [1.82, 2.24) is 0 Å². The number of hydrogen-bond acceptors (Lipinski definition) is 2. The van der Waals surface area contributed by atoms with E-state index in [1.54, 1.807) is 14.0 Å². The van der Waals surface area contributed by atoms with Gasteiger partial charge in [-0.3, -0.25) is 4.79 Å². The second kappa shape index (κ2) is 6.06. The molecule has 0 aromatic heterocycles. The van der Waals surface area contributed by atoms with Crippen molar-refractivity contribution in [2.75, 3.05) is 12.0 Å². The Morgan fingerprint density at radius 3 is 2.59 bits per heavy atom. The Labute approximate surface area is 130 Å². The monoisotopic (exact) mass is 293 g/mol. The van der Waals surface area contributed by atoms with Gasteiger partial charge in [-0.1, -0.05) is 42.5 Å². The van der Waals surface area contributed by atoms with Crippen LogP contribution >= 0.6 is 0 Å². The van der Waals surface area contributed by atoms with Crippen molar-refractivity contribution in [3.8, 4) is 5.75 Å². The number of nitrogens with zero attached hydrogens (tertiary/aromatic N) is 1. The molecule has 0 saturated carbocycles. The van der Waals surface area contributed by atoms with E-state index in [0.29, 0.717) is 0 Å². The van der Waals surface area contributed by atoms with E-state index in [2.05, 4.69) is 18.2 Å². The Bertz CT molecular complexity index is 704. The van der Waals surface area contributed by atoms with E-state index in [9.17, 15) is 4.79 Å². The number of methoxy groups -OCH3 is 1. The summed E-state index contributed by atoms with van der Waals surface area (Å²) in [6.45, 7) is 1.62. The molecule has 0 bridgehead atoms. The maximum atomic E-state index is 12.0.